The molecule has 0 radical (unpaired) electrons. The van der Waals surface area contributed by atoms with Crippen molar-refractivity contribution in [2.45, 2.75) is 52.6 Å². The Kier molecular flexibility index (Phi) is 7.24. The van der Waals surface area contributed by atoms with Crippen molar-refractivity contribution in [3.05, 3.63) is 76.6 Å². The van der Waals surface area contributed by atoms with E-state index < -0.39 is 5.60 Å². The van der Waals surface area contributed by atoms with Crippen molar-refractivity contribution in [2.75, 3.05) is 29.9 Å². The zero-order valence-electron chi connectivity index (χ0n) is 21.2. The fourth-order valence-electron chi connectivity index (χ4n) is 5.21. The predicted molar refractivity (Wildman–Crippen MR) is 143 cm³/mol. The summed E-state index contributed by atoms with van der Waals surface area (Å²) >= 11 is 0. The van der Waals surface area contributed by atoms with Crippen LogP contribution in [0.3, 0.4) is 0 Å². The number of pyridine rings is 1. The van der Waals surface area contributed by atoms with Gasteiger partial charge in [-0.3, -0.25) is 9.78 Å². The van der Waals surface area contributed by atoms with Gasteiger partial charge in [0, 0.05) is 36.7 Å². The summed E-state index contributed by atoms with van der Waals surface area (Å²) in [6, 6.07) is 12.4. The van der Waals surface area contributed by atoms with Crippen LogP contribution in [0.1, 0.15) is 51.9 Å². The molecule has 1 aliphatic heterocycles. The molecule has 184 valence electrons. The van der Waals surface area contributed by atoms with Crippen LogP contribution in [0.25, 0.3) is 11.1 Å². The summed E-state index contributed by atoms with van der Waals surface area (Å²) in [6.45, 7) is 9.94. The van der Waals surface area contributed by atoms with Gasteiger partial charge >= 0.3 is 0 Å². The Morgan fingerprint density at radius 1 is 0.971 bits per heavy atom. The number of aryl methyl sites for hydroxylation is 4. The minimum atomic E-state index is -0.750. The SMILES string of the molecule is Cc1cc(C)cc(NC(=O)c2cncc(-c3cc(C)cc(C)c3)c2N2CCC(O)(CCN)CC2)c1. The first-order valence-electron chi connectivity index (χ1n) is 12.3. The monoisotopic (exact) mass is 472 g/mol. The Morgan fingerprint density at radius 2 is 1.54 bits per heavy atom. The first-order chi connectivity index (χ1) is 16.7. The molecule has 2 heterocycles. The molecule has 35 heavy (non-hydrogen) atoms. The summed E-state index contributed by atoms with van der Waals surface area (Å²) in [7, 11) is 0. The summed E-state index contributed by atoms with van der Waals surface area (Å²) in [5, 5.41) is 14.0. The fourth-order valence-corrected chi connectivity index (χ4v) is 5.21. The van der Waals surface area contributed by atoms with Gasteiger partial charge in [0.25, 0.3) is 5.91 Å². The molecular weight excluding hydrogens is 436 g/mol. The number of rotatable bonds is 6. The third-order valence-electron chi connectivity index (χ3n) is 6.79. The summed E-state index contributed by atoms with van der Waals surface area (Å²) < 4.78 is 0. The number of aromatic nitrogens is 1. The normalized spacial score (nSPS) is 15.2. The van der Waals surface area contributed by atoms with Crippen LogP contribution in [0.5, 0.6) is 0 Å². The molecule has 0 atom stereocenters. The maximum absolute atomic E-state index is 13.6. The predicted octanol–water partition coefficient (Wildman–Crippen LogP) is 4.91. The molecular formula is C29H36N4O2. The number of nitrogens with zero attached hydrogens (tertiary/aromatic N) is 2. The number of anilines is 2. The molecule has 0 aliphatic carbocycles. The Labute approximate surface area is 208 Å². The molecule has 0 saturated carbocycles. The van der Waals surface area contributed by atoms with Gasteiger partial charge < -0.3 is 21.1 Å². The average molecular weight is 473 g/mol. The molecule has 2 aromatic carbocycles. The first-order valence-corrected chi connectivity index (χ1v) is 12.3. The number of benzene rings is 2. The highest BCUT2D eigenvalue weighted by molar-refractivity contribution is 6.10. The lowest BCUT2D eigenvalue weighted by atomic mass is 9.87. The smallest absolute Gasteiger partial charge is 0.259 e. The summed E-state index contributed by atoms with van der Waals surface area (Å²) in [5.41, 5.74) is 13.6. The van der Waals surface area contributed by atoms with E-state index in [4.69, 9.17) is 5.73 Å². The molecule has 4 N–H and O–H groups in total. The minimum Gasteiger partial charge on any atom is -0.390 e. The first kappa shape index (κ1) is 24.9. The topological polar surface area (TPSA) is 91.5 Å². The van der Waals surface area contributed by atoms with E-state index in [9.17, 15) is 9.90 Å². The van der Waals surface area contributed by atoms with Gasteiger partial charge in [-0.05, 0) is 82.3 Å². The Hall–Kier alpha value is -3.22. The van der Waals surface area contributed by atoms with E-state index >= 15 is 0 Å². The van der Waals surface area contributed by atoms with E-state index in [1.807, 2.05) is 32.2 Å². The fraction of sp³-hybridized carbons (Fsp3) is 0.379. The number of amides is 1. The second kappa shape index (κ2) is 10.2. The molecule has 6 nitrogen and oxygen atoms in total. The molecule has 1 aliphatic rings. The van der Waals surface area contributed by atoms with Crippen LogP contribution >= 0.6 is 0 Å². The number of piperidine rings is 1. The highest BCUT2D eigenvalue weighted by atomic mass is 16.3. The van der Waals surface area contributed by atoms with E-state index in [2.05, 4.69) is 53.3 Å². The number of aliphatic hydroxyl groups is 1. The number of nitrogens with two attached hydrogens (primary N) is 1. The van der Waals surface area contributed by atoms with Crippen LogP contribution in [0, 0.1) is 27.7 Å². The molecule has 1 aromatic heterocycles. The van der Waals surface area contributed by atoms with E-state index in [0.717, 1.165) is 44.8 Å². The largest absolute Gasteiger partial charge is 0.390 e. The molecule has 4 rings (SSSR count). The third kappa shape index (κ3) is 5.72. The van der Waals surface area contributed by atoms with Gasteiger partial charge in [-0.15, -0.1) is 0 Å². The van der Waals surface area contributed by atoms with Crippen molar-refractivity contribution in [3.63, 3.8) is 0 Å². The number of carbonyl (C=O) groups is 1. The van der Waals surface area contributed by atoms with E-state index in [1.54, 1.807) is 6.20 Å². The van der Waals surface area contributed by atoms with Gasteiger partial charge in [0.1, 0.15) is 0 Å². The van der Waals surface area contributed by atoms with Gasteiger partial charge in [-0.2, -0.15) is 0 Å². The molecule has 1 fully saturated rings. The molecule has 6 heteroatoms. The zero-order chi connectivity index (χ0) is 25.2. The highest BCUT2D eigenvalue weighted by Gasteiger charge is 2.34. The maximum atomic E-state index is 13.6. The quantitative estimate of drug-likeness (QED) is 0.474. The lowest BCUT2D eigenvalue weighted by Gasteiger charge is -2.40. The molecule has 0 bridgehead atoms. The Bertz CT molecular complexity index is 1190. The zero-order valence-corrected chi connectivity index (χ0v) is 21.2. The minimum absolute atomic E-state index is 0.188. The molecule has 0 spiro atoms. The molecule has 3 aromatic rings. The van der Waals surface area contributed by atoms with Crippen molar-refractivity contribution >= 4 is 17.3 Å². The van der Waals surface area contributed by atoms with Crippen LogP contribution in [0.4, 0.5) is 11.4 Å². The Morgan fingerprint density at radius 3 is 2.11 bits per heavy atom. The van der Waals surface area contributed by atoms with Crippen LogP contribution in [0.2, 0.25) is 0 Å². The standard InChI is InChI=1S/C29H36N4O2/c1-19-11-20(2)14-23(13-19)25-17-31-18-26(28(34)32-24-15-21(3)12-22(4)16-24)27(25)33-9-6-29(35,5-8-30)7-10-33/h11-18,35H,5-10,30H2,1-4H3,(H,32,34). The highest BCUT2D eigenvalue weighted by Crippen LogP contribution is 2.38. The van der Waals surface area contributed by atoms with Crippen molar-refractivity contribution in [2.24, 2.45) is 5.73 Å². The van der Waals surface area contributed by atoms with E-state index in [0.29, 0.717) is 44.5 Å². The number of hydrogen-bond acceptors (Lipinski definition) is 5. The molecule has 0 unspecified atom stereocenters. The second-order valence-electron chi connectivity index (χ2n) is 10.0. The van der Waals surface area contributed by atoms with Crippen LogP contribution in [-0.4, -0.2) is 41.2 Å². The summed E-state index contributed by atoms with van der Waals surface area (Å²) in [5.74, 6) is -0.188. The number of nitrogens with one attached hydrogen (secondary N) is 1. The lowest BCUT2D eigenvalue weighted by molar-refractivity contribution is 0.0104. The second-order valence-corrected chi connectivity index (χ2v) is 10.0. The summed E-state index contributed by atoms with van der Waals surface area (Å²) in [6.07, 6.45) is 5.30. The van der Waals surface area contributed by atoms with Crippen molar-refractivity contribution in [1.29, 1.82) is 0 Å². The van der Waals surface area contributed by atoms with E-state index in [-0.39, 0.29) is 5.91 Å². The number of hydrogen-bond donors (Lipinski definition) is 3. The Balaban J connectivity index is 1.77. The van der Waals surface area contributed by atoms with Gasteiger partial charge in [0.2, 0.25) is 0 Å². The van der Waals surface area contributed by atoms with Crippen molar-refractivity contribution < 1.29 is 9.90 Å². The summed E-state index contributed by atoms with van der Waals surface area (Å²) in [4.78, 5) is 20.3. The van der Waals surface area contributed by atoms with Crippen LogP contribution in [0.15, 0.2) is 48.8 Å². The van der Waals surface area contributed by atoms with Gasteiger partial charge in [-0.1, -0.05) is 35.4 Å². The maximum Gasteiger partial charge on any atom is 0.259 e. The van der Waals surface area contributed by atoms with Gasteiger partial charge in [0.05, 0.1) is 16.9 Å². The van der Waals surface area contributed by atoms with E-state index in [1.165, 1.54) is 0 Å². The van der Waals surface area contributed by atoms with Crippen LogP contribution < -0.4 is 16.0 Å². The van der Waals surface area contributed by atoms with Crippen LogP contribution in [-0.2, 0) is 0 Å². The third-order valence-corrected chi connectivity index (χ3v) is 6.79. The lowest BCUT2D eigenvalue weighted by Crippen LogP contribution is -2.46. The molecule has 1 amide bonds. The van der Waals surface area contributed by atoms with Crippen molar-refractivity contribution in [3.8, 4) is 11.1 Å². The molecule has 1 saturated heterocycles. The average Bonchev–Trinajstić information content (AvgIpc) is 2.78. The number of carbonyl (C=O) groups excluding carboxylic acids is 1. The van der Waals surface area contributed by atoms with Gasteiger partial charge in [-0.25, -0.2) is 0 Å². The van der Waals surface area contributed by atoms with Gasteiger partial charge in [0.15, 0.2) is 0 Å². The van der Waals surface area contributed by atoms with Crippen molar-refractivity contribution in [1.82, 2.24) is 4.98 Å².